The van der Waals surface area contributed by atoms with Crippen LogP contribution in [0.25, 0.3) is 0 Å². The van der Waals surface area contributed by atoms with Crippen molar-refractivity contribution in [2.45, 2.75) is 129 Å². The van der Waals surface area contributed by atoms with Crippen LogP contribution in [0.5, 0.6) is 0 Å². The van der Waals surface area contributed by atoms with Crippen LogP contribution < -0.4 is 0 Å². The molecule has 1 aliphatic rings. The van der Waals surface area contributed by atoms with Crippen LogP contribution in [-0.4, -0.2) is 19.2 Å². The Morgan fingerprint density at radius 1 is 0.758 bits per heavy atom. The summed E-state index contributed by atoms with van der Waals surface area (Å²) in [5, 5.41) is 0. The highest BCUT2D eigenvalue weighted by atomic mass is 16.5. The van der Waals surface area contributed by atoms with Gasteiger partial charge in [-0.1, -0.05) is 140 Å². The van der Waals surface area contributed by atoms with Gasteiger partial charge in [-0.25, -0.2) is 0 Å². The molecule has 33 heavy (non-hydrogen) atoms. The molecular weight excluding hydrogens is 408 g/mol. The molecule has 0 spiro atoms. The van der Waals surface area contributed by atoms with Gasteiger partial charge in [-0.05, 0) is 12.0 Å². The SMILES string of the molecule is CCCCCCCCCCCCCCCCCCC1(COCc2ccccc2)COC(=O)C1. The Morgan fingerprint density at radius 3 is 1.76 bits per heavy atom. The van der Waals surface area contributed by atoms with E-state index < -0.39 is 0 Å². The molecule has 0 aliphatic carbocycles. The molecule has 1 aromatic rings. The van der Waals surface area contributed by atoms with Crippen molar-refractivity contribution in [1.82, 2.24) is 0 Å². The van der Waals surface area contributed by atoms with Crippen molar-refractivity contribution in [3.63, 3.8) is 0 Å². The third-order valence-electron chi connectivity index (χ3n) is 7.14. The summed E-state index contributed by atoms with van der Waals surface area (Å²) in [6, 6.07) is 10.3. The molecular formula is C30H50O3. The Bertz CT molecular complexity index is 600. The van der Waals surface area contributed by atoms with Crippen molar-refractivity contribution in [2.24, 2.45) is 5.41 Å². The maximum atomic E-state index is 11.8. The minimum Gasteiger partial charge on any atom is -0.465 e. The highest BCUT2D eigenvalue weighted by molar-refractivity contribution is 5.72. The largest absolute Gasteiger partial charge is 0.465 e. The van der Waals surface area contributed by atoms with Crippen molar-refractivity contribution >= 4 is 5.97 Å². The molecule has 1 heterocycles. The predicted octanol–water partition coefficient (Wildman–Crippen LogP) is 8.79. The number of benzene rings is 1. The average Bonchev–Trinajstić information content (AvgIpc) is 3.20. The highest BCUT2D eigenvalue weighted by Gasteiger charge is 2.40. The van der Waals surface area contributed by atoms with E-state index in [0.717, 1.165) is 6.42 Å². The van der Waals surface area contributed by atoms with Gasteiger partial charge in [0.1, 0.15) is 0 Å². The molecule has 1 saturated heterocycles. The Labute approximate surface area is 204 Å². The lowest BCUT2D eigenvalue weighted by Crippen LogP contribution is -2.27. The van der Waals surface area contributed by atoms with Crippen LogP contribution in [0.4, 0.5) is 0 Å². The van der Waals surface area contributed by atoms with Gasteiger partial charge in [-0.3, -0.25) is 4.79 Å². The van der Waals surface area contributed by atoms with E-state index >= 15 is 0 Å². The van der Waals surface area contributed by atoms with E-state index in [1.807, 2.05) is 18.2 Å². The lowest BCUT2D eigenvalue weighted by molar-refractivity contribution is -0.137. The Balaban J connectivity index is 1.43. The standard InChI is InChI=1S/C30H50O3/c1-2-3-4-5-6-7-8-9-10-11-12-13-14-15-16-20-23-30(24-29(31)33-27-30)26-32-25-28-21-18-17-19-22-28/h17-19,21-22H,2-16,20,23-27H2,1H3. The molecule has 2 rings (SSSR count). The van der Waals surface area contributed by atoms with Gasteiger partial charge in [-0.2, -0.15) is 0 Å². The molecule has 1 fully saturated rings. The molecule has 188 valence electrons. The van der Waals surface area contributed by atoms with E-state index in [1.54, 1.807) is 0 Å². The number of esters is 1. The van der Waals surface area contributed by atoms with Crippen molar-refractivity contribution in [3.8, 4) is 0 Å². The van der Waals surface area contributed by atoms with Gasteiger partial charge in [0, 0.05) is 5.41 Å². The topological polar surface area (TPSA) is 35.5 Å². The molecule has 1 atom stereocenters. The maximum absolute atomic E-state index is 11.8. The summed E-state index contributed by atoms with van der Waals surface area (Å²) >= 11 is 0. The second-order valence-electron chi connectivity index (χ2n) is 10.4. The molecule has 0 N–H and O–H groups in total. The van der Waals surface area contributed by atoms with Crippen molar-refractivity contribution < 1.29 is 14.3 Å². The number of rotatable bonds is 21. The van der Waals surface area contributed by atoms with Crippen LogP contribution in [0.1, 0.15) is 128 Å². The maximum Gasteiger partial charge on any atom is 0.306 e. The molecule has 0 radical (unpaired) electrons. The molecule has 0 aromatic heterocycles. The second-order valence-corrected chi connectivity index (χ2v) is 10.4. The lowest BCUT2D eigenvalue weighted by Gasteiger charge is -2.25. The smallest absolute Gasteiger partial charge is 0.306 e. The average molecular weight is 459 g/mol. The molecule has 1 aliphatic heterocycles. The third kappa shape index (κ3) is 13.2. The van der Waals surface area contributed by atoms with E-state index in [0.29, 0.717) is 26.2 Å². The summed E-state index contributed by atoms with van der Waals surface area (Å²) in [4.78, 5) is 11.8. The van der Waals surface area contributed by atoms with Crippen LogP contribution in [0.3, 0.4) is 0 Å². The molecule has 1 aromatic carbocycles. The van der Waals surface area contributed by atoms with Crippen molar-refractivity contribution in [1.29, 1.82) is 0 Å². The monoisotopic (exact) mass is 458 g/mol. The number of carbonyl (C=O) groups excluding carboxylic acids is 1. The minimum atomic E-state index is -0.109. The first-order chi connectivity index (χ1) is 16.2. The Hall–Kier alpha value is -1.35. The van der Waals surface area contributed by atoms with Gasteiger partial charge in [0.05, 0.1) is 26.2 Å². The summed E-state index contributed by atoms with van der Waals surface area (Å²) in [5.74, 6) is -0.0604. The van der Waals surface area contributed by atoms with Gasteiger partial charge in [0.2, 0.25) is 0 Å². The fourth-order valence-electron chi connectivity index (χ4n) is 4.97. The highest BCUT2D eigenvalue weighted by Crippen LogP contribution is 2.36. The molecule has 3 heteroatoms. The number of hydrogen-bond acceptors (Lipinski definition) is 3. The van der Waals surface area contributed by atoms with Crippen LogP contribution in [-0.2, 0) is 20.9 Å². The fraction of sp³-hybridized carbons (Fsp3) is 0.767. The minimum absolute atomic E-state index is 0.0604. The van der Waals surface area contributed by atoms with Gasteiger partial charge >= 0.3 is 5.97 Å². The number of ether oxygens (including phenoxy) is 2. The van der Waals surface area contributed by atoms with Crippen LogP contribution in [0.15, 0.2) is 30.3 Å². The zero-order valence-electron chi connectivity index (χ0n) is 21.5. The summed E-state index contributed by atoms with van der Waals surface area (Å²) in [6.07, 6.45) is 23.7. The zero-order valence-corrected chi connectivity index (χ0v) is 21.5. The zero-order chi connectivity index (χ0) is 23.5. The van der Waals surface area contributed by atoms with Gasteiger partial charge in [0.15, 0.2) is 0 Å². The number of carbonyl (C=O) groups is 1. The van der Waals surface area contributed by atoms with Crippen LogP contribution in [0, 0.1) is 5.41 Å². The first-order valence-corrected chi connectivity index (χ1v) is 14.0. The molecule has 0 bridgehead atoms. The van der Waals surface area contributed by atoms with Crippen molar-refractivity contribution in [2.75, 3.05) is 13.2 Å². The predicted molar refractivity (Wildman–Crippen MR) is 138 cm³/mol. The number of unbranched alkanes of at least 4 members (excludes halogenated alkanes) is 15. The number of cyclic esters (lactones) is 1. The van der Waals surface area contributed by atoms with E-state index in [1.165, 1.54) is 108 Å². The first kappa shape index (κ1) is 27.9. The van der Waals surface area contributed by atoms with E-state index in [4.69, 9.17) is 9.47 Å². The third-order valence-corrected chi connectivity index (χ3v) is 7.14. The Kier molecular flexibility index (Phi) is 15.2. The van der Waals surface area contributed by atoms with Crippen LogP contribution >= 0.6 is 0 Å². The Morgan fingerprint density at radius 2 is 1.27 bits per heavy atom. The fourth-order valence-corrected chi connectivity index (χ4v) is 4.97. The molecule has 0 amide bonds. The number of hydrogen-bond donors (Lipinski definition) is 0. The van der Waals surface area contributed by atoms with E-state index in [2.05, 4.69) is 19.1 Å². The molecule has 1 unspecified atom stereocenters. The molecule has 0 saturated carbocycles. The second kappa shape index (κ2) is 18.0. The summed E-state index contributed by atoms with van der Waals surface area (Å²) in [5.41, 5.74) is 1.07. The quantitative estimate of drug-likeness (QED) is 0.136. The van der Waals surface area contributed by atoms with Gasteiger partial charge in [0.25, 0.3) is 0 Å². The summed E-state index contributed by atoms with van der Waals surface area (Å²) in [6.45, 7) is 4.04. The lowest BCUT2D eigenvalue weighted by atomic mass is 9.82. The summed E-state index contributed by atoms with van der Waals surface area (Å²) in [7, 11) is 0. The van der Waals surface area contributed by atoms with Gasteiger partial charge in [-0.15, -0.1) is 0 Å². The normalized spacial score (nSPS) is 18.0. The summed E-state index contributed by atoms with van der Waals surface area (Å²) < 4.78 is 11.3. The van der Waals surface area contributed by atoms with E-state index in [9.17, 15) is 4.79 Å². The van der Waals surface area contributed by atoms with Crippen LogP contribution in [0.2, 0.25) is 0 Å². The molecule has 3 nitrogen and oxygen atoms in total. The van der Waals surface area contributed by atoms with E-state index in [-0.39, 0.29) is 11.4 Å². The van der Waals surface area contributed by atoms with Gasteiger partial charge < -0.3 is 9.47 Å². The van der Waals surface area contributed by atoms with Crippen molar-refractivity contribution in [3.05, 3.63) is 35.9 Å². The first-order valence-electron chi connectivity index (χ1n) is 14.0.